The van der Waals surface area contributed by atoms with Crippen molar-refractivity contribution in [1.82, 2.24) is 19.7 Å². The number of para-hydroxylation sites is 1. The molecule has 0 aliphatic rings. The number of ether oxygens (including phenoxy) is 1. The molecule has 0 saturated heterocycles. The lowest BCUT2D eigenvalue weighted by Crippen LogP contribution is -2.17. The fourth-order valence-corrected chi connectivity index (χ4v) is 3.75. The predicted octanol–water partition coefficient (Wildman–Crippen LogP) is 6.44. The number of hydrogen-bond acceptors (Lipinski definition) is 4. The molecule has 0 radical (unpaired) electrons. The summed E-state index contributed by atoms with van der Waals surface area (Å²) in [4.78, 5) is 8.45. The van der Waals surface area contributed by atoms with E-state index in [0.717, 1.165) is 15.6 Å². The zero-order chi connectivity index (χ0) is 24.4. The van der Waals surface area contributed by atoms with Crippen LogP contribution in [-0.4, -0.2) is 25.9 Å². The van der Waals surface area contributed by atoms with Gasteiger partial charge in [-0.15, -0.1) is 0 Å². The first-order valence-corrected chi connectivity index (χ1v) is 10.7. The van der Waals surface area contributed by atoms with Crippen molar-refractivity contribution in [3.8, 4) is 28.1 Å². The minimum atomic E-state index is -4.47. The molecule has 0 fully saturated rings. The quantitative estimate of drug-likeness (QED) is 0.264. The number of halogens is 4. The lowest BCUT2D eigenvalue weighted by atomic mass is 10.0. The molecule has 5 rings (SSSR count). The minimum Gasteiger partial charge on any atom is -0.487 e. The summed E-state index contributed by atoms with van der Waals surface area (Å²) in [5, 5.41) is 5.04. The third kappa shape index (κ3) is 5.13. The normalized spacial score (nSPS) is 11.7. The zero-order valence-corrected chi connectivity index (χ0v) is 18.2. The Morgan fingerprint density at radius 2 is 1.69 bits per heavy atom. The average molecular weight is 478 g/mol. The van der Waals surface area contributed by atoms with Crippen LogP contribution in [0.3, 0.4) is 0 Å². The van der Waals surface area contributed by atoms with Crippen molar-refractivity contribution >= 4 is 10.9 Å². The standard InChI is InChI=1S/C26H18F4N4O/c27-23-13-20(35-15-19-6-5-18-3-1-2-4-24(18)32-19)7-8-21(23)25-22(17-9-11-31-12-10-17)14-34(33-25)16-26(28,29)30/h1-14H,15-16H2. The molecule has 0 aliphatic carbocycles. The summed E-state index contributed by atoms with van der Waals surface area (Å²) in [6, 6.07) is 18.9. The van der Waals surface area contributed by atoms with Crippen LogP contribution in [0.15, 0.2) is 85.3 Å². The van der Waals surface area contributed by atoms with Crippen molar-refractivity contribution in [1.29, 1.82) is 0 Å². The topological polar surface area (TPSA) is 52.8 Å². The van der Waals surface area contributed by atoms with Gasteiger partial charge in [0.2, 0.25) is 0 Å². The molecule has 0 saturated carbocycles. The van der Waals surface area contributed by atoms with Crippen molar-refractivity contribution in [2.45, 2.75) is 19.3 Å². The van der Waals surface area contributed by atoms with Gasteiger partial charge in [0, 0.05) is 41.2 Å². The van der Waals surface area contributed by atoms with Crippen LogP contribution < -0.4 is 4.74 Å². The summed E-state index contributed by atoms with van der Waals surface area (Å²) in [6.07, 6.45) is -0.193. The predicted molar refractivity (Wildman–Crippen MR) is 123 cm³/mol. The Labute approximate surface area is 197 Å². The second-order valence-electron chi connectivity index (χ2n) is 7.87. The first kappa shape index (κ1) is 22.5. The molecule has 35 heavy (non-hydrogen) atoms. The van der Waals surface area contributed by atoms with Crippen LogP contribution in [0.25, 0.3) is 33.3 Å². The first-order valence-electron chi connectivity index (χ1n) is 10.7. The molecule has 5 aromatic rings. The molecule has 3 heterocycles. The van der Waals surface area contributed by atoms with Crippen molar-refractivity contribution in [2.75, 3.05) is 0 Å². The summed E-state index contributed by atoms with van der Waals surface area (Å²) in [7, 11) is 0. The largest absolute Gasteiger partial charge is 0.487 e. The van der Waals surface area contributed by atoms with E-state index in [9.17, 15) is 13.2 Å². The lowest BCUT2D eigenvalue weighted by molar-refractivity contribution is -0.142. The van der Waals surface area contributed by atoms with E-state index in [1.165, 1.54) is 30.7 Å². The van der Waals surface area contributed by atoms with E-state index >= 15 is 4.39 Å². The highest BCUT2D eigenvalue weighted by Gasteiger charge is 2.29. The summed E-state index contributed by atoms with van der Waals surface area (Å²) in [5.74, 6) is -0.400. The van der Waals surface area contributed by atoms with Crippen molar-refractivity contribution < 1.29 is 22.3 Å². The molecule has 0 aliphatic heterocycles. The molecule has 0 spiro atoms. The Bertz CT molecular complexity index is 1480. The number of alkyl halides is 3. The summed E-state index contributed by atoms with van der Waals surface area (Å²) in [6.45, 7) is -1.15. The van der Waals surface area contributed by atoms with E-state index in [4.69, 9.17) is 4.74 Å². The number of aromatic nitrogens is 4. The summed E-state index contributed by atoms with van der Waals surface area (Å²) < 4.78 is 60.5. The summed E-state index contributed by atoms with van der Waals surface area (Å²) >= 11 is 0. The molecule has 3 aromatic heterocycles. The van der Waals surface area contributed by atoms with Gasteiger partial charge in [-0.2, -0.15) is 18.3 Å². The third-order valence-corrected chi connectivity index (χ3v) is 5.33. The van der Waals surface area contributed by atoms with E-state index in [1.807, 2.05) is 36.4 Å². The van der Waals surface area contributed by atoms with E-state index in [-0.39, 0.29) is 23.6 Å². The van der Waals surface area contributed by atoms with Crippen LogP contribution in [0, 0.1) is 5.82 Å². The number of benzene rings is 2. The molecule has 0 N–H and O–H groups in total. The van der Waals surface area contributed by atoms with Gasteiger partial charge in [-0.3, -0.25) is 9.67 Å². The maximum Gasteiger partial charge on any atom is 0.408 e. The van der Waals surface area contributed by atoms with Gasteiger partial charge in [-0.1, -0.05) is 24.3 Å². The van der Waals surface area contributed by atoms with E-state index in [0.29, 0.717) is 16.8 Å². The molecule has 0 unspecified atom stereocenters. The van der Waals surface area contributed by atoms with Gasteiger partial charge in [0.15, 0.2) is 0 Å². The highest BCUT2D eigenvalue weighted by Crippen LogP contribution is 2.34. The van der Waals surface area contributed by atoms with Gasteiger partial charge >= 0.3 is 6.18 Å². The zero-order valence-electron chi connectivity index (χ0n) is 18.2. The van der Waals surface area contributed by atoms with Crippen molar-refractivity contribution in [2.24, 2.45) is 0 Å². The molecular formula is C26H18F4N4O. The molecule has 0 atom stereocenters. The monoisotopic (exact) mass is 478 g/mol. The van der Waals surface area contributed by atoms with Crippen LogP contribution in [0.4, 0.5) is 17.6 Å². The molecule has 0 amide bonds. The third-order valence-electron chi connectivity index (χ3n) is 5.33. The molecule has 9 heteroatoms. The SMILES string of the molecule is Fc1cc(OCc2ccc3ccccc3n2)ccc1-c1nn(CC(F)(F)F)cc1-c1ccncc1. The van der Waals surface area contributed by atoms with E-state index in [1.54, 1.807) is 18.2 Å². The highest BCUT2D eigenvalue weighted by atomic mass is 19.4. The number of rotatable bonds is 6. The number of nitrogens with zero attached hydrogens (tertiary/aromatic N) is 4. The molecule has 2 aromatic carbocycles. The second kappa shape index (κ2) is 9.17. The highest BCUT2D eigenvalue weighted by molar-refractivity contribution is 5.81. The smallest absolute Gasteiger partial charge is 0.408 e. The Morgan fingerprint density at radius 3 is 2.46 bits per heavy atom. The number of hydrogen-bond donors (Lipinski definition) is 0. The van der Waals surface area contributed by atoms with Crippen LogP contribution in [0.5, 0.6) is 5.75 Å². The minimum absolute atomic E-state index is 0.0638. The van der Waals surface area contributed by atoms with Crippen LogP contribution in [-0.2, 0) is 13.2 Å². The Kier molecular flexibility index (Phi) is 5.90. The Morgan fingerprint density at radius 1 is 0.886 bits per heavy atom. The van der Waals surface area contributed by atoms with E-state index in [2.05, 4.69) is 15.1 Å². The fourth-order valence-electron chi connectivity index (χ4n) is 3.75. The molecular weight excluding hydrogens is 460 g/mol. The number of fused-ring (bicyclic) bond motifs is 1. The van der Waals surface area contributed by atoms with Crippen LogP contribution in [0.2, 0.25) is 0 Å². The molecule has 5 nitrogen and oxygen atoms in total. The Balaban J connectivity index is 1.42. The molecule has 176 valence electrons. The van der Waals surface area contributed by atoms with Gasteiger partial charge in [0.25, 0.3) is 0 Å². The van der Waals surface area contributed by atoms with Gasteiger partial charge in [0.1, 0.15) is 30.4 Å². The Hall–Kier alpha value is -4.27. The average Bonchev–Trinajstić information content (AvgIpc) is 3.25. The van der Waals surface area contributed by atoms with Crippen molar-refractivity contribution in [3.05, 3.63) is 96.8 Å². The second-order valence-corrected chi connectivity index (χ2v) is 7.87. The first-order chi connectivity index (χ1) is 16.9. The molecule has 0 bridgehead atoms. The maximum absolute atomic E-state index is 15.1. The van der Waals surface area contributed by atoms with E-state index < -0.39 is 18.5 Å². The maximum atomic E-state index is 15.1. The van der Waals surface area contributed by atoms with Gasteiger partial charge in [0.05, 0.1) is 11.2 Å². The fraction of sp³-hybridized carbons (Fsp3) is 0.115. The van der Waals surface area contributed by atoms with Crippen molar-refractivity contribution in [3.63, 3.8) is 0 Å². The van der Waals surface area contributed by atoms with Gasteiger partial charge < -0.3 is 4.74 Å². The summed E-state index contributed by atoms with van der Waals surface area (Å²) in [5.41, 5.74) is 2.61. The van der Waals surface area contributed by atoms with Crippen LogP contribution >= 0.6 is 0 Å². The number of pyridine rings is 2. The van der Waals surface area contributed by atoms with Crippen LogP contribution in [0.1, 0.15) is 5.69 Å². The van der Waals surface area contributed by atoms with Gasteiger partial charge in [-0.05, 0) is 42.0 Å². The van der Waals surface area contributed by atoms with Gasteiger partial charge in [-0.25, -0.2) is 9.37 Å². The lowest BCUT2D eigenvalue weighted by Gasteiger charge is -2.09.